The van der Waals surface area contributed by atoms with Gasteiger partial charge in [0.25, 0.3) is 0 Å². The highest BCUT2D eigenvalue weighted by Gasteiger charge is 2.18. The number of carbonyl (C=O) groups excluding carboxylic acids is 1. The molecular formula is C16H27N5O. The fourth-order valence-corrected chi connectivity index (χ4v) is 2.50. The van der Waals surface area contributed by atoms with Crippen LogP contribution in [-0.4, -0.2) is 60.0 Å². The van der Waals surface area contributed by atoms with E-state index < -0.39 is 0 Å². The van der Waals surface area contributed by atoms with Crippen molar-refractivity contribution in [1.82, 2.24) is 20.2 Å². The van der Waals surface area contributed by atoms with Crippen LogP contribution in [-0.2, 0) is 4.79 Å². The van der Waals surface area contributed by atoms with Crippen LogP contribution in [0.25, 0.3) is 0 Å². The molecule has 1 aliphatic heterocycles. The number of anilines is 1. The molecule has 1 N–H and O–H groups in total. The molecule has 1 atom stereocenters. The fraction of sp³-hybridized carbons (Fsp3) is 0.688. The van der Waals surface area contributed by atoms with Gasteiger partial charge in [0.1, 0.15) is 0 Å². The molecule has 6 heteroatoms. The van der Waals surface area contributed by atoms with E-state index in [0.717, 1.165) is 58.1 Å². The normalized spacial score (nSPS) is 17.3. The Labute approximate surface area is 132 Å². The number of rotatable bonds is 7. The van der Waals surface area contributed by atoms with E-state index in [1.54, 1.807) is 12.4 Å². The highest BCUT2D eigenvalue weighted by molar-refractivity contribution is 5.78. The third-order valence-corrected chi connectivity index (χ3v) is 4.22. The molecule has 0 aliphatic carbocycles. The van der Waals surface area contributed by atoms with Gasteiger partial charge in [-0.25, -0.2) is 9.97 Å². The lowest BCUT2D eigenvalue weighted by molar-refractivity contribution is -0.124. The summed E-state index contributed by atoms with van der Waals surface area (Å²) < 4.78 is 0. The maximum Gasteiger partial charge on any atom is 0.225 e. The second-order valence-corrected chi connectivity index (χ2v) is 5.83. The molecule has 0 bridgehead atoms. The summed E-state index contributed by atoms with van der Waals surface area (Å²) in [7, 11) is 0. The second-order valence-electron chi connectivity index (χ2n) is 5.83. The van der Waals surface area contributed by atoms with E-state index in [1.165, 1.54) is 0 Å². The summed E-state index contributed by atoms with van der Waals surface area (Å²) in [6.07, 6.45) is 5.47. The standard InChI is InChI=1S/C16H27N5O/c1-3-14(2)15(22)17-8-5-9-20-10-12-21(13-11-20)16-18-6-4-7-19-16/h4,6-7,14H,3,5,8-13H2,1-2H3,(H,17,22). The zero-order valence-electron chi connectivity index (χ0n) is 13.7. The maximum atomic E-state index is 11.7. The van der Waals surface area contributed by atoms with Gasteiger partial charge in [-0.15, -0.1) is 0 Å². The van der Waals surface area contributed by atoms with Crippen LogP contribution in [0.3, 0.4) is 0 Å². The molecule has 0 spiro atoms. The minimum Gasteiger partial charge on any atom is -0.356 e. The molecule has 122 valence electrons. The molecular weight excluding hydrogens is 278 g/mol. The number of carbonyl (C=O) groups is 1. The monoisotopic (exact) mass is 305 g/mol. The van der Waals surface area contributed by atoms with Gasteiger partial charge in [0.2, 0.25) is 11.9 Å². The average Bonchev–Trinajstić information content (AvgIpc) is 2.59. The minimum atomic E-state index is 0.120. The summed E-state index contributed by atoms with van der Waals surface area (Å²) in [6.45, 7) is 9.79. The van der Waals surface area contributed by atoms with E-state index >= 15 is 0 Å². The molecule has 0 saturated carbocycles. The third kappa shape index (κ3) is 4.94. The van der Waals surface area contributed by atoms with Crippen molar-refractivity contribution >= 4 is 11.9 Å². The molecule has 22 heavy (non-hydrogen) atoms. The number of nitrogens with zero attached hydrogens (tertiary/aromatic N) is 4. The van der Waals surface area contributed by atoms with Gasteiger partial charge in [-0.3, -0.25) is 9.69 Å². The van der Waals surface area contributed by atoms with Gasteiger partial charge >= 0.3 is 0 Å². The van der Waals surface area contributed by atoms with E-state index in [4.69, 9.17) is 0 Å². The summed E-state index contributed by atoms with van der Waals surface area (Å²) in [6, 6.07) is 1.84. The molecule has 6 nitrogen and oxygen atoms in total. The van der Waals surface area contributed by atoms with Crippen LogP contribution in [0.2, 0.25) is 0 Å². The Bertz CT molecular complexity index is 445. The Hall–Kier alpha value is -1.69. The van der Waals surface area contributed by atoms with Crippen LogP contribution in [0.1, 0.15) is 26.7 Å². The molecule has 1 aliphatic rings. The van der Waals surface area contributed by atoms with Crippen LogP contribution >= 0.6 is 0 Å². The Morgan fingerprint density at radius 1 is 1.27 bits per heavy atom. The SMILES string of the molecule is CCC(C)C(=O)NCCCN1CCN(c2ncccn2)CC1. The number of hydrogen-bond acceptors (Lipinski definition) is 5. The van der Waals surface area contributed by atoms with Crippen LogP contribution < -0.4 is 10.2 Å². The summed E-state index contributed by atoms with van der Waals surface area (Å²) in [5.41, 5.74) is 0. The predicted molar refractivity (Wildman–Crippen MR) is 87.8 cm³/mol. The van der Waals surface area contributed by atoms with Gasteiger partial charge in [-0.05, 0) is 25.5 Å². The van der Waals surface area contributed by atoms with Crippen LogP contribution in [0.4, 0.5) is 5.95 Å². The Morgan fingerprint density at radius 3 is 2.59 bits per heavy atom. The zero-order chi connectivity index (χ0) is 15.8. The topological polar surface area (TPSA) is 61.4 Å². The van der Waals surface area contributed by atoms with Crippen LogP contribution in [0, 0.1) is 5.92 Å². The largest absolute Gasteiger partial charge is 0.356 e. The highest BCUT2D eigenvalue weighted by Crippen LogP contribution is 2.09. The third-order valence-electron chi connectivity index (χ3n) is 4.22. The van der Waals surface area contributed by atoms with Crippen LogP contribution in [0.15, 0.2) is 18.5 Å². The second kappa shape index (κ2) is 8.68. The average molecular weight is 305 g/mol. The van der Waals surface area contributed by atoms with Crippen molar-refractivity contribution in [1.29, 1.82) is 0 Å². The van der Waals surface area contributed by atoms with Gasteiger partial charge < -0.3 is 10.2 Å². The Morgan fingerprint density at radius 2 is 1.95 bits per heavy atom. The predicted octanol–water partition coefficient (Wildman–Crippen LogP) is 1.15. The number of aromatic nitrogens is 2. The Kier molecular flexibility index (Phi) is 6.58. The first-order valence-corrected chi connectivity index (χ1v) is 8.22. The van der Waals surface area contributed by atoms with E-state index in [9.17, 15) is 4.79 Å². The molecule has 1 fully saturated rings. The highest BCUT2D eigenvalue weighted by atomic mass is 16.1. The Balaban J connectivity index is 1.61. The van der Waals surface area contributed by atoms with Crippen molar-refractivity contribution < 1.29 is 4.79 Å². The summed E-state index contributed by atoms with van der Waals surface area (Å²) in [4.78, 5) is 24.9. The minimum absolute atomic E-state index is 0.120. The lowest BCUT2D eigenvalue weighted by atomic mass is 10.1. The van der Waals surface area contributed by atoms with E-state index in [2.05, 4.69) is 25.1 Å². The number of nitrogens with one attached hydrogen (secondary N) is 1. The molecule has 1 amide bonds. The van der Waals surface area contributed by atoms with Crippen molar-refractivity contribution in [2.75, 3.05) is 44.2 Å². The summed E-state index contributed by atoms with van der Waals surface area (Å²) >= 11 is 0. The number of piperazine rings is 1. The molecule has 1 aromatic heterocycles. The van der Waals surface area contributed by atoms with Gasteiger partial charge in [-0.2, -0.15) is 0 Å². The van der Waals surface area contributed by atoms with Crippen LogP contribution in [0.5, 0.6) is 0 Å². The lowest BCUT2D eigenvalue weighted by Crippen LogP contribution is -2.47. The first-order valence-electron chi connectivity index (χ1n) is 8.22. The lowest BCUT2D eigenvalue weighted by Gasteiger charge is -2.34. The van der Waals surface area contributed by atoms with Crippen molar-refractivity contribution in [3.05, 3.63) is 18.5 Å². The quantitative estimate of drug-likeness (QED) is 0.766. The van der Waals surface area contributed by atoms with Gasteiger partial charge in [-0.1, -0.05) is 13.8 Å². The maximum absolute atomic E-state index is 11.7. The van der Waals surface area contributed by atoms with E-state index in [-0.39, 0.29) is 11.8 Å². The fourth-order valence-electron chi connectivity index (χ4n) is 2.50. The van der Waals surface area contributed by atoms with Crippen molar-refractivity contribution in [2.45, 2.75) is 26.7 Å². The molecule has 1 aromatic rings. The molecule has 1 unspecified atom stereocenters. The molecule has 0 aromatic carbocycles. The smallest absolute Gasteiger partial charge is 0.225 e. The zero-order valence-corrected chi connectivity index (χ0v) is 13.7. The molecule has 2 heterocycles. The van der Waals surface area contributed by atoms with Crippen molar-refractivity contribution in [2.24, 2.45) is 5.92 Å². The molecule has 1 saturated heterocycles. The van der Waals surface area contributed by atoms with Gasteiger partial charge in [0.05, 0.1) is 0 Å². The first kappa shape index (κ1) is 16.7. The van der Waals surface area contributed by atoms with E-state index in [0.29, 0.717) is 0 Å². The van der Waals surface area contributed by atoms with Gasteiger partial charge in [0, 0.05) is 51.0 Å². The van der Waals surface area contributed by atoms with Gasteiger partial charge in [0.15, 0.2) is 0 Å². The number of amides is 1. The van der Waals surface area contributed by atoms with Crippen molar-refractivity contribution in [3.63, 3.8) is 0 Å². The van der Waals surface area contributed by atoms with E-state index in [1.807, 2.05) is 19.9 Å². The molecule has 2 rings (SSSR count). The first-order chi connectivity index (χ1) is 10.7. The van der Waals surface area contributed by atoms with Crippen molar-refractivity contribution in [3.8, 4) is 0 Å². The summed E-state index contributed by atoms with van der Waals surface area (Å²) in [5.74, 6) is 1.12. The summed E-state index contributed by atoms with van der Waals surface area (Å²) in [5, 5.41) is 3.01. The number of hydrogen-bond donors (Lipinski definition) is 1. The molecule has 0 radical (unpaired) electrons.